The average Bonchev–Trinajstić information content (AvgIpc) is 3.39. The quantitative estimate of drug-likeness (QED) is 0.0250. The molecule has 4 atom stereocenters. The molecule has 0 fully saturated rings. The van der Waals surface area contributed by atoms with Gasteiger partial charge >= 0.3 is 37.7 Å². The smallest absolute Gasteiger partial charge is 0.460 e. The average molecular weight is 1120 g/mol. The fraction of sp³-hybridized carbons (Fsp3) is 0.900. The topological polar surface area (TPSA) is 225 Å². The van der Waals surface area contributed by atoms with Crippen molar-refractivity contribution in [2.75, 3.05) is 26.9 Å². The lowest BCUT2D eigenvalue weighted by Gasteiger charge is -2.35. The Bertz CT molecular complexity index is 1520. The van der Waals surface area contributed by atoms with Crippen molar-refractivity contribution in [3.8, 4) is 0 Å². The van der Waals surface area contributed by atoms with Crippen LogP contribution in [0.3, 0.4) is 0 Å². The molecule has 17 heteroatoms. The van der Waals surface area contributed by atoms with E-state index in [4.69, 9.17) is 28.4 Å². The van der Waals surface area contributed by atoms with Crippen molar-refractivity contribution in [3.63, 3.8) is 0 Å². The Kier molecular flexibility index (Phi) is 50.5. The molecule has 0 aliphatic heterocycles. The van der Waals surface area contributed by atoms with Crippen molar-refractivity contribution < 1.29 is 76.1 Å². The second-order valence-corrected chi connectivity index (χ2v) is 22.3. The van der Waals surface area contributed by atoms with Crippen molar-refractivity contribution in [3.05, 3.63) is 0 Å². The number of phosphoric ester groups is 1. The van der Waals surface area contributed by atoms with Gasteiger partial charge in [0.05, 0.1) is 13.2 Å². The Morgan fingerprint density at radius 2 is 0.636 bits per heavy atom. The number of methoxy groups -OCH3 is 1. The van der Waals surface area contributed by atoms with Gasteiger partial charge in [0.15, 0.2) is 18.0 Å². The summed E-state index contributed by atoms with van der Waals surface area (Å²) in [6.45, 7) is 7.79. The van der Waals surface area contributed by atoms with E-state index in [2.05, 4.69) is 32.2 Å². The maximum Gasteiger partial charge on any atom is 0.469 e. The van der Waals surface area contributed by atoms with Crippen molar-refractivity contribution in [2.24, 2.45) is 0 Å². The van der Waals surface area contributed by atoms with Crippen LogP contribution >= 0.6 is 7.82 Å². The number of rotatable bonds is 57. The number of hydrogen-bond donors (Lipinski definition) is 2. The maximum atomic E-state index is 14.5. The minimum atomic E-state index is -4.92. The minimum absolute atomic E-state index is 0.0423. The summed E-state index contributed by atoms with van der Waals surface area (Å²) in [6, 6.07) is 0. The van der Waals surface area contributed by atoms with Crippen LogP contribution in [0, 0.1) is 0 Å². The lowest BCUT2D eigenvalue weighted by molar-refractivity contribution is -0.207. The summed E-state index contributed by atoms with van der Waals surface area (Å²) in [7, 11) is -3.52. The number of esters is 5. The van der Waals surface area contributed by atoms with Gasteiger partial charge in [-0.25, -0.2) is 9.36 Å². The highest BCUT2D eigenvalue weighted by Gasteiger charge is 2.50. The zero-order valence-corrected chi connectivity index (χ0v) is 50.1. The molecule has 2 N–H and O–H groups in total. The summed E-state index contributed by atoms with van der Waals surface area (Å²) < 4.78 is 51.0. The Balaban J connectivity index is 7.23. The van der Waals surface area contributed by atoms with Crippen LogP contribution in [0.5, 0.6) is 0 Å². The van der Waals surface area contributed by atoms with Gasteiger partial charge in [-0.3, -0.25) is 28.5 Å². The molecule has 77 heavy (non-hydrogen) atoms. The Morgan fingerprint density at radius 1 is 0.351 bits per heavy atom. The molecule has 0 rings (SSSR count). The number of Topliss-reactive ketones (excluding diaryl/α,β-unsaturated/α-hetero) is 1. The fourth-order valence-corrected chi connectivity index (χ4v) is 9.56. The number of unbranched alkanes of at least 4 members (excludes halogenated alkanes) is 32. The lowest BCUT2D eigenvalue weighted by atomic mass is 9.96. The number of ether oxygens (including phenoxy) is 6. The largest absolute Gasteiger partial charge is 0.469 e. The Morgan fingerprint density at radius 3 is 0.948 bits per heavy atom. The van der Waals surface area contributed by atoms with E-state index in [1.54, 1.807) is 0 Å². The summed E-state index contributed by atoms with van der Waals surface area (Å²) in [6.07, 6.45) is 25.6. The number of hydrogen-bond acceptors (Lipinski definition) is 14. The predicted octanol–water partition coefficient (Wildman–Crippen LogP) is 15.0. The minimum Gasteiger partial charge on any atom is -0.460 e. The van der Waals surface area contributed by atoms with Crippen LogP contribution < -0.4 is 0 Å². The second-order valence-electron chi connectivity index (χ2n) is 21.1. The molecule has 0 aromatic rings. The van der Waals surface area contributed by atoms with Crippen LogP contribution in [0.15, 0.2) is 0 Å². The molecule has 0 aliphatic rings. The highest BCUT2D eigenvalue weighted by Crippen LogP contribution is 2.36. The highest BCUT2D eigenvalue weighted by atomic mass is 31.2. The first-order valence-electron chi connectivity index (χ1n) is 30.9. The number of ketones is 1. The Hall–Kier alpha value is -2.91. The van der Waals surface area contributed by atoms with Gasteiger partial charge in [-0.1, -0.05) is 233 Å². The molecule has 0 spiro atoms. The molecular formula is C60H111O16P. The fourth-order valence-electron chi connectivity index (χ4n) is 9.19. The molecule has 0 aromatic heterocycles. The lowest BCUT2D eigenvalue weighted by Crippen LogP contribution is -2.56. The van der Waals surface area contributed by atoms with Gasteiger partial charge in [-0.05, 0) is 32.1 Å². The van der Waals surface area contributed by atoms with Crippen LogP contribution in [0.4, 0.5) is 0 Å². The summed E-state index contributed by atoms with van der Waals surface area (Å²) in [5.74, 6) is -5.33. The second kappa shape index (κ2) is 52.5. The molecule has 0 bridgehead atoms. The Labute approximate surface area is 466 Å². The van der Waals surface area contributed by atoms with E-state index in [1.165, 1.54) is 58.5 Å². The van der Waals surface area contributed by atoms with E-state index in [1.807, 2.05) is 0 Å². The van der Waals surface area contributed by atoms with Crippen molar-refractivity contribution in [1.82, 2.24) is 0 Å². The molecule has 0 radical (unpaired) electrons. The molecule has 0 aliphatic carbocycles. The van der Waals surface area contributed by atoms with E-state index in [0.717, 1.165) is 135 Å². The van der Waals surface area contributed by atoms with E-state index in [9.17, 15) is 43.1 Å². The van der Waals surface area contributed by atoms with Gasteiger partial charge in [-0.15, -0.1) is 0 Å². The highest BCUT2D eigenvalue weighted by molar-refractivity contribution is 7.46. The molecule has 452 valence electrons. The normalized spacial score (nSPS) is 13.1. The van der Waals surface area contributed by atoms with Gasteiger partial charge in [0, 0.05) is 39.2 Å². The van der Waals surface area contributed by atoms with Crippen LogP contribution in [-0.4, -0.2) is 96.8 Å². The zero-order chi connectivity index (χ0) is 57.0. The van der Waals surface area contributed by atoms with Crippen molar-refractivity contribution >= 4 is 43.5 Å². The standard InChI is InChI=1S/C60H111O16P/c1-6-10-14-18-22-26-30-34-38-44-52(62)73-56(51(61)43-42-48-72-77(67,68)69)57(74-53(63)45-39-35-31-27-23-19-15-11-7-2)58(75-54(64)46-40-36-32-28-24-20-16-12-8-3)59(60(66)71-50-49-70-5)76-55(65)47-41-37-33-29-25-21-17-13-9-4/h56-59H,6-50H2,1-5H3,(H2,67,68,69). The SMILES string of the molecule is CCCCCCCCCCCC(=O)OC(C(=O)CCCOP(=O)(O)O)C(OC(=O)CCCCCCCCCCC)C(OC(=O)CCCCCCCCCCC)C(OC(=O)CCCCCCCCCCC)C(=O)OCCOC. The van der Waals surface area contributed by atoms with Crippen LogP contribution in [0.1, 0.15) is 297 Å². The number of carbonyl (C=O) groups is 6. The van der Waals surface area contributed by atoms with E-state index >= 15 is 0 Å². The molecule has 0 heterocycles. The van der Waals surface area contributed by atoms with Crippen LogP contribution in [0.2, 0.25) is 0 Å². The summed E-state index contributed by atoms with van der Waals surface area (Å²) >= 11 is 0. The summed E-state index contributed by atoms with van der Waals surface area (Å²) in [5, 5.41) is 0. The first-order chi connectivity index (χ1) is 37.2. The van der Waals surface area contributed by atoms with E-state index in [-0.39, 0.29) is 45.3 Å². The third-order valence-electron chi connectivity index (χ3n) is 13.8. The van der Waals surface area contributed by atoms with Crippen LogP contribution in [-0.2, 0) is 66.3 Å². The molecule has 16 nitrogen and oxygen atoms in total. The van der Waals surface area contributed by atoms with Gasteiger partial charge in [0.2, 0.25) is 12.2 Å². The first-order valence-corrected chi connectivity index (χ1v) is 32.4. The first kappa shape index (κ1) is 74.1. The molecule has 0 saturated carbocycles. The molecule has 4 unspecified atom stereocenters. The van der Waals surface area contributed by atoms with Crippen LogP contribution in [0.25, 0.3) is 0 Å². The number of phosphoric acid groups is 1. The van der Waals surface area contributed by atoms with Gasteiger partial charge in [-0.2, -0.15) is 0 Å². The third-order valence-corrected chi connectivity index (χ3v) is 14.3. The molecular weight excluding hydrogens is 1010 g/mol. The van der Waals surface area contributed by atoms with Crippen molar-refractivity contribution in [1.29, 1.82) is 0 Å². The van der Waals surface area contributed by atoms with Gasteiger partial charge < -0.3 is 38.2 Å². The monoisotopic (exact) mass is 1120 g/mol. The zero-order valence-electron chi connectivity index (χ0n) is 49.2. The third kappa shape index (κ3) is 45.5. The van der Waals surface area contributed by atoms with E-state index < -0.39 is 80.9 Å². The maximum absolute atomic E-state index is 14.5. The van der Waals surface area contributed by atoms with Gasteiger partial charge in [0.1, 0.15) is 6.61 Å². The predicted molar refractivity (Wildman–Crippen MR) is 302 cm³/mol. The summed E-state index contributed by atoms with van der Waals surface area (Å²) in [4.78, 5) is 104. The van der Waals surface area contributed by atoms with Gasteiger partial charge in [0.25, 0.3) is 0 Å². The van der Waals surface area contributed by atoms with E-state index in [0.29, 0.717) is 44.9 Å². The number of carbonyl (C=O) groups excluding carboxylic acids is 6. The molecule has 0 aromatic carbocycles. The molecule has 0 amide bonds. The molecule has 0 saturated heterocycles. The summed E-state index contributed by atoms with van der Waals surface area (Å²) in [5.41, 5.74) is 0. The van der Waals surface area contributed by atoms with Crippen molar-refractivity contribution in [2.45, 2.75) is 322 Å².